The number of methoxy groups -OCH3 is 2. The van der Waals surface area contributed by atoms with E-state index >= 15 is 0 Å². The molecule has 0 aliphatic rings. The summed E-state index contributed by atoms with van der Waals surface area (Å²) >= 11 is 14.3. The number of nitrogens with two attached hydrogens (primary N) is 2. The average molecular weight is 466 g/mol. The minimum atomic E-state index is -0.582. The fourth-order valence-electron chi connectivity index (χ4n) is 1.64. The van der Waals surface area contributed by atoms with E-state index in [1.807, 2.05) is 0 Å². The number of nitrogen functional groups attached to an aromatic ring is 2. The van der Waals surface area contributed by atoms with Crippen molar-refractivity contribution in [2.45, 2.75) is 6.92 Å². The third-order valence-electron chi connectivity index (χ3n) is 2.99. The first kappa shape index (κ1) is 21.9. The Labute approximate surface area is 167 Å². The highest BCUT2D eigenvalue weighted by Gasteiger charge is 2.15. The van der Waals surface area contributed by atoms with Crippen LogP contribution < -0.4 is 11.5 Å². The molecular weight excluding hydrogens is 451 g/mol. The van der Waals surface area contributed by atoms with E-state index in [1.165, 1.54) is 26.4 Å². The fourth-order valence-corrected chi connectivity index (χ4v) is 2.41. The lowest BCUT2D eigenvalue weighted by molar-refractivity contribution is 0.0584. The van der Waals surface area contributed by atoms with E-state index in [0.717, 1.165) is 0 Å². The minimum Gasteiger partial charge on any atom is -0.464 e. The van der Waals surface area contributed by atoms with Crippen molar-refractivity contribution in [1.29, 1.82) is 0 Å². The van der Waals surface area contributed by atoms with Crippen molar-refractivity contribution in [3.63, 3.8) is 0 Å². The summed E-state index contributed by atoms with van der Waals surface area (Å²) in [5.74, 6) is -1.12. The molecule has 2 heterocycles. The van der Waals surface area contributed by atoms with Gasteiger partial charge in [0.2, 0.25) is 0 Å². The van der Waals surface area contributed by atoms with Gasteiger partial charge in [0.05, 0.1) is 24.4 Å². The normalized spacial score (nSPS) is 9.77. The highest BCUT2D eigenvalue weighted by atomic mass is 79.9. The molecule has 0 unspecified atom stereocenters. The number of hydrogen-bond acceptors (Lipinski definition) is 8. The van der Waals surface area contributed by atoms with Crippen LogP contribution in [0.3, 0.4) is 0 Å². The van der Waals surface area contributed by atoms with Crippen LogP contribution in [0.5, 0.6) is 0 Å². The molecule has 0 saturated carbocycles. The second-order valence-corrected chi connectivity index (χ2v) is 6.26. The topological polar surface area (TPSA) is 130 Å². The van der Waals surface area contributed by atoms with Gasteiger partial charge in [-0.15, -0.1) is 0 Å². The summed E-state index contributed by atoms with van der Waals surface area (Å²) in [6.07, 6.45) is 0. The zero-order valence-corrected chi connectivity index (χ0v) is 17.1. The van der Waals surface area contributed by atoms with E-state index < -0.39 is 11.9 Å². The maximum absolute atomic E-state index is 11.1. The van der Waals surface area contributed by atoms with Crippen LogP contribution in [0.4, 0.5) is 11.4 Å². The molecule has 2 aromatic heterocycles. The molecule has 2 aromatic rings. The number of ether oxygens (including phenoxy) is 2. The Hall–Kier alpha value is -2.10. The number of halogens is 3. The van der Waals surface area contributed by atoms with Gasteiger partial charge in [-0.2, -0.15) is 0 Å². The van der Waals surface area contributed by atoms with E-state index in [4.69, 9.17) is 34.7 Å². The largest absolute Gasteiger partial charge is 0.464 e. The maximum Gasteiger partial charge on any atom is 0.357 e. The van der Waals surface area contributed by atoms with Crippen LogP contribution in [0.25, 0.3) is 0 Å². The molecule has 0 bridgehead atoms. The number of hydrogen-bond donors (Lipinski definition) is 2. The lowest BCUT2D eigenvalue weighted by Crippen LogP contribution is -2.08. The highest BCUT2D eigenvalue weighted by Crippen LogP contribution is 2.25. The van der Waals surface area contributed by atoms with Gasteiger partial charge in [0.15, 0.2) is 11.4 Å². The molecule has 0 amide bonds. The van der Waals surface area contributed by atoms with Gasteiger partial charge in [-0.25, -0.2) is 19.6 Å². The summed E-state index contributed by atoms with van der Waals surface area (Å²) < 4.78 is 9.39. The standard InChI is InChI=1S/C8H9ClN2O2.C7H6BrClN2O2/c1-4-5(10)3-6(9)11-7(4)8(12)13-2;1-13-7(12)6-5(8)3(10)2-4(9)11-6/h3H,1-2H3,(H2,10,11);2H,1H3,(H2,10,11). The van der Waals surface area contributed by atoms with Crippen molar-refractivity contribution >= 4 is 62.4 Å². The molecule has 0 fully saturated rings. The van der Waals surface area contributed by atoms with Crippen molar-refractivity contribution in [1.82, 2.24) is 9.97 Å². The van der Waals surface area contributed by atoms with Crippen LogP contribution >= 0.6 is 39.1 Å². The van der Waals surface area contributed by atoms with Crippen LogP contribution in [0, 0.1) is 6.92 Å². The zero-order valence-electron chi connectivity index (χ0n) is 14.0. The number of aromatic nitrogens is 2. The molecule has 4 N–H and O–H groups in total. The number of anilines is 2. The SMILES string of the molecule is COC(=O)c1nc(Cl)cc(N)c1Br.COC(=O)c1nc(Cl)cc(N)c1C. The van der Waals surface area contributed by atoms with Crippen LogP contribution in [-0.2, 0) is 9.47 Å². The summed E-state index contributed by atoms with van der Waals surface area (Å²) in [7, 11) is 2.54. The maximum atomic E-state index is 11.1. The molecule has 8 nitrogen and oxygen atoms in total. The summed E-state index contributed by atoms with van der Waals surface area (Å²) in [4.78, 5) is 29.8. The van der Waals surface area contributed by atoms with Crippen molar-refractivity contribution in [2.75, 3.05) is 25.7 Å². The molecule has 0 atom stereocenters. The van der Waals surface area contributed by atoms with Gasteiger partial charge in [-0.1, -0.05) is 23.2 Å². The van der Waals surface area contributed by atoms with E-state index in [0.29, 0.717) is 21.4 Å². The first-order chi connectivity index (χ1) is 12.1. The van der Waals surface area contributed by atoms with Gasteiger partial charge >= 0.3 is 11.9 Å². The highest BCUT2D eigenvalue weighted by molar-refractivity contribution is 9.10. The number of esters is 2. The van der Waals surface area contributed by atoms with Gasteiger partial charge in [0, 0.05) is 11.3 Å². The summed E-state index contributed by atoms with van der Waals surface area (Å²) in [5, 5.41) is 0.338. The minimum absolute atomic E-state index is 0.0764. The predicted octanol–water partition coefficient (Wildman–Crippen LogP) is 3.28. The van der Waals surface area contributed by atoms with Gasteiger partial charge in [0.1, 0.15) is 10.3 Å². The van der Waals surface area contributed by atoms with Gasteiger partial charge in [0.25, 0.3) is 0 Å². The lowest BCUT2D eigenvalue weighted by Gasteiger charge is -2.05. The third-order valence-corrected chi connectivity index (χ3v) is 4.21. The molecule has 26 heavy (non-hydrogen) atoms. The molecular formula is C15H15BrCl2N4O4. The quantitative estimate of drug-likeness (QED) is 0.510. The molecule has 11 heteroatoms. The molecule has 0 saturated heterocycles. The summed E-state index contributed by atoms with van der Waals surface area (Å²) in [6.45, 7) is 1.69. The first-order valence-electron chi connectivity index (χ1n) is 6.83. The van der Waals surface area contributed by atoms with Crippen LogP contribution in [-0.4, -0.2) is 36.1 Å². The van der Waals surface area contributed by atoms with E-state index in [9.17, 15) is 9.59 Å². The van der Waals surface area contributed by atoms with Crippen molar-refractivity contribution in [3.8, 4) is 0 Å². The van der Waals surface area contributed by atoms with Crippen molar-refractivity contribution in [2.24, 2.45) is 0 Å². The Morgan fingerprint density at radius 1 is 0.962 bits per heavy atom. The monoisotopic (exact) mass is 464 g/mol. The Morgan fingerprint density at radius 2 is 1.38 bits per heavy atom. The zero-order chi connectivity index (χ0) is 20.0. The number of rotatable bonds is 2. The second-order valence-electron chi connectivity index (χ2n) is 4.69. The molecule has 0 spiro atoms. The number of carbonyl (C=O) groups excluding carboxylic acids is 2. The molecule has 0 aromatic carbocycles. The molecule has 140 valence electrons. The van der Waals surface area contributed by atoms with Gasteiger partial charge in [-0.3, -0.25) is 0 Å². The average Bonchev–Trinajstić information content (AvgIpc) is 2.60. The summed E-state index contributed by atoms with van der Waals surface area (Å²) in [5.41, 5.74) is 12.7. The Morgan fingerprint density at radius 3 is 1.88 bits per heavy atom. The number of pyridine rings is 2. The number of nitrogens with zero attached hydrogens (tertiary/aromatic N) is 2. The third kappa shape index (κ3) is 5.45. The van der Waals surface area contributed by atoms with Crippen LogP contribution in [0.2, 0.25) is 10.3 Å². The molecule has 0 radical (unpaired) electrons. The predicted molar refractivity (Wildman–Crippen MR) is 102 cm³/mol. The van der Waals surface area contributed by atoms with E-state index in [-0.39, 0.29) is 21.7 Å². The van der Waals surface area contributed by atoms with Gasteiger partial charge < -0.3 is 20.9 Å². The van der Waals surface area contributed by atoms with Crippen molar-refractivity contribution < 1.29 is 19.1 Å². The summed E-state index contributed by atoms with van der Waals surface area (Å²) in [6, 6.07) is 2.93. The Balaban J connectivity index is 0.000000260. The lowest BCUT2D eigenvalue weighted by atomic mass is 10.2. The van der Waals surface area contributed by atoms with E-state index in [2.05, 4.69) is 35.4 Å². The Kier molecular flexibility index (Phi) is 8.07. The molecule has 0 aliphatic heterocycles. The second kappa shape index (κ2) is 9.56. The smallest absolute Gasteiger partial charge is 0.357 e. The Bertz CT molecular complexity index is 779. The van der Waals surface area contributed by atoms with Crippen LogP contribution in [0.15, 0.2) is 16.6 Å². The first-order valence-corrected chi connectivity index (χ1v) is 8.38. The number of carbonyl (C=O) groups is 2. The van der Waals surface area contributed by atoms with Crippen LogP contribution in [0.1, 0.15) is 26.5 Å². The molecule has 2 rings (SSSR count). The fraction of sp³-hybridized carbons (Fsp3) is 0.200. The van der Waals surface area contributed by atoms with Gasteiger partial charge in [-0.05, 0) is 35.0 Å². The molecule has 0 aliphatic carbocycles. The van der Waals surface area contributed by atoms with E-state index in [1.54, 1.807) is 6.92 Å². The van der Waals surface area contributed by atoms with Crippen molar-refractivity contribution in [3.05, 3.63) is 43.9 Å².